The SMILES string of the molecule is COC(=O)c1ccc(Nc2cc(NCC3CCCO3)ncn2)cc1. The fourth-order valence-corrected chi connectivity index (χ4v) is 2.50. The maximum Gasteiger partial charge on any atom is 0.337 e. The average molecular weight is 328 g/mol. The Labute approximate surface area is 140 Å². The first-order valence-corrected chi connectivity index (χ1v) is 7.87. The number of nitrogens with one attached hydrogen (secondary N) is 2. The van der Waals surface area contributed by atoms with Gasteiger partial charge < -0.3 is 20.1 Å². The molecule has 0 amide bonds. The van der Waals surface area contributed by atoms with Crippen molar-refractivity contribution in [3.05, 3.63) is 42.2 Å². The normalized spacial score (nSPS) is 16.6. The molecule has 1 fully saturated rings. The summed E-state index contributed by atoms with van der Waals surface area (Å²) in [6.45, 7) is 1.58. The van der Waals surface area contributed by atoms with Crippen LogP contribution in [-0.4, -0.2) is 42.3 Å². The van der Waals surface area contributed by atoms with Crippen LogP contribution in [-0.2, 0) is 9.47 Å². The van der Waals surface area contributed by atoms with Gasteiger partial charge in [-0.3, -0.25) is 0 Å². The first-order chi connectivity index (χ1) is 11.7. The lowest BCUT2D eigenvalue weighted by Gasteiger charge is -2.12. The zero-order valence-electron chi connectivity index (χ0n) is 13.5. The van der Waals surface area contributed by atoms with Crippen molar-refractivity contribution < 1.29 is 14.3 Å². The number of ether oxygens (including phenoxy) is 2. The first-order valence-electron chi connectivity index (χ1n) is 7.87. The van der Waals surface area contributed by atoms with Gasteiger partial charge in [-0.2, -0.15) is 0 Å². The molecule has 0 radical (unpaired) electrons. The highest BCUT2D eigenvalue weighted by Crippen LogP contribution is 2.18. The summed E-state index contributed by atoms with van der Waals surface area (Å²) < 4.78 is 10.3. The van der Waals surface area contributed by atoms with Crippen molar-refractivity contribution >= 4 is 23.3 Å². The van der Waals surface area contributed by atoms with Gasteiger partial charge in [0.2, 0.25) is 0 Å². The van der Waals surface area contributed by atoms with Crippen molar-refractivity contribution in [3.8, 4) is 0 Å². The van der Waals surface area contributed by atoms with E-state index < -0.39 is 0 Å². The second-order valence-electron chi connectivity index (χ2n) is 5.50. The quantitative estimate of drug-likeness (QED) is 0.788. The molecule has 2 heterocycles. The third-order valence-corrected chi connectivity index (χ3v) is 3.78. The number of esters is 1. The Bertz CT molecular complexity index is 684. The van der Waals surface area contributed by atoms with Crippen LogP contribution < -0.4 is 10.6 Å². The summed E-state index contributed by atoms with van der Waals surface area (Å²) in [5.41, 5.74) is 1.33. The number of benzene rings is 1. The second-order valence-corrected chi connectivity index (χ2v) is 5.50. The molecule has 24 heavy (non-hydrogen) atoms. The van der Waals surface area contributed by atoms with Crippen LogP contribution in [0.4, 0.5) is 17.3 Å². The van der Waals surface area contributed by atoms with E-state index in [2.05, 4.69) is 25.3 Å². The number of methoxy groups -OCH3 is 1. The van der Waals surface area contributed by atoms with Gasteiger partial charge >= 0.3 is 5.97 Å². The molecular weight excluding hydrogens is 308 g/mol. The van der Waals surface area contributed by atoms with E-state index in [4.69, 9.17) is 4.74 Å². The van der Waals surface area contributed by atoms with Gasteiger partial charge in [0.25, 0.3) is 0 Å². The molecule has 1 aromatic heterocycles. The molecule has 7 nitrogen and oxygen atoms in total. The van der Waals surface area contributed by atoms with E-state index >= 15 is 0 Å². The van der Waals surface area contributed by atoms with Gasteiger partial charge in [-0.05, 0) is 37.1 Å². The van der Waals surface area contributed by atoms with Crippen LogP contribution >= 0.6 is 0 Å². The maximum absolute atomic E-state index is 11.4. The molecule has 1 atom stereocenters. The molecular formula is C17H20N4O3. The molecule has 1 unspecified atom stereocenters. The Morgan fingerprint density at radius 3 is 2.79 bits per heavy atom. The minimum atomic E-state index is -0.357. The minimum absolute atomic E-state index is 0.252. The van der Waals surface area contributed by atoms with Gasteiger partial charge in [-0.15, -0.1) is 0 Å². The van der Waals surface area contributed by atoms with E-state index in [9.17, 15) is 4.79 Å². The van der Waals surface area contributed by atoms with Crippen LogP contribution in [0.15, 0.2) is 36.7 Å². The van der Waals surface area contributed by atoms with Crippen LogP contribution in [0, 0.1) is 0 Å². The van der Waals surface area contributed by atoms with E-state index in [0.29, 0.717) is 11.4 Å². The molecule has 126 valence electrons. The van der Waals surface area contributed by atoms with Crippen LogP contribution in [0.1, 0.15) is 23.2 Å². The largest absolute Gasteiger partial charge is 0.465 e. The molecule has 1 aliphatic heterocycles. The number of hydrogen-bond donors (Lipinski definition) is 2. The van der Waals surface area contributed by atoms with Crippen molar-refractivity contribution in [3.63, 3.8) is 0 Å². The standard InChI is InChI=1S/C17H20N4O3/c1-23-17(22)12-4-6-13(7-5-12)21-16-9-15(19-11-20-16)18-10-14-3-2-8-24-14/h4-7,9,11,14H,2-3,8,10H2,1H3,(H2,18,19,20,21). The third-order valence-electron chi connectivity index (χ3n) is 3.78. The van der Waals surface area contributed by atoms with Crippen molar-refractivity contribution in [1.82, 2.24) is 9.97 Å². The highest BCUT2D eigenvalue weighted by atomic mass is 16.5. The number of rotatable bonds is 6. The van der Waals surface area contributed by atoms with Crippen LogP contribution in [0.25, 0.3) is 0 Å². The molecule has 0 saturated carbocycles. The van der Waals surface area contributed by atoms with Gasteiger partial charge in [0.1, 0.15) is 18.0 Å². The summed E-state index contributed by atoms with van der Waals surface area (Å²) in [6, 6.07) is 8.84. The van der Waals surface area contributed by atoms with Gasteiger partial charge in [-0.1, -0.05) is 0 Å². The van der Waals surface area contributed by atoms with Crippen LogP contribution in [0.5, 0.6) is 0 Å². The summed E-state index contributed by atoms with van der Waals surface area (Å²) in [7, 11) is 1.36. The number of hydrogen-bond acceptors (Lipinski definition) is 7. The molecule has 7 heteroatoms. The molecule has 0 bridgehead atoms. The molecule has 0 aliphatic carbocycles. The van der Waals surface area contributed by atoms with E-state index in [1.807, 2.05) is 6.07 Å². The predicted molar refractivity (Wildman–Crippen MR) is 90.6 cm³/mol. The zero-order chi connectivity index (χ0) is 16.8. The fourth-order valence-electron chi connectivity index (χ4n) is 2.50. The summed E-state index contributed by atoms with van der Waals surface area (Å²) in [6.07, 6.45) is 3.95. The van der Waals surface area contributed by atoms with Gasteiger partial charge in [-0.25, -0.2) is 14.8 Å². The van der Waals surface area contributed by atoms with Crippen molar-refractivity contribution in [2.75, 3.05) is 30.9 Å². The van der Waals surface area contributed by atoms with Gasteiger partial charge in [0, 0.05) is 24.9 Å². The Morgan fingerprint density at radius 1 is 1.29 bits per heavy atom. The smallest absolute Gasteiger partial charge is 0.337 e. The number of carbonyl (C=O) groups is 1. The predicted octanol–water partition coefficient (Wildman–Crippen LogP) is 2.60. The highest BCUT2D eigenvalue weighted by molar-refractivity contribution is 5.89. The molecule has 1 aliphatic rings. The Morgan fingerprint density at radius 2 is 2.08 bits per heavy atom. The Hall–Kier alpha value is -2.67. The summed E-state index contributed by atoms with van der Waals surface area (Å²) in [5, 5.41) is 6.45. The zero-order valence-corrected chi connectivity index (χ0v) is 13.5. The molecule has 1 saturated heterocycles. The van der Waals surface area contributed by atoms with Crippen molar-refractivity contribution in [1.29, 1.82) is 0 Å². The lowest BCUT2D eigenvalue weighted by atomic mass is 10.2. The van der Waals surface area contributed by atoms with Crippen LogP contribution in [0.2, 0.25) is 0 Å². The number of carbonyl (C=O) groups excluding carboxylic acids is 1. The minimum Gasteiger partial charge on any atom is -0.465 e. The lowest BCUT2D eigenvalue weighted by Crippen LogP contribution is -2.19. The fraction of sp³-hybridized carbons (Fsp3) is 0.353. The second kappa shape index (κ2) is 7.74. The first kappa shape index (κ1) is 16.2. The number of aromatic nitrogens is 2. The summed E-state index contributed by atoms with van der Waals surface area (Å²) >= 11 is 0. The highest BCUT2D eigenvalue weighted by Gasteiger charge is 2.15. The third kappa shape index (κ3) is 4.20. The monoisotopic (exact) mass is 328 g/mol. The van der Waals surface area contributed by atoms with E-state index in [1.165, 1.54) is 13.4 Å². The van der Waals surface area contributed by atoms with Gasteiger partial charge in [0.15, 0.2) is 0 Å². The molecule has 2 N–H and O–H groups in total. The van der Waals surface area contributed by atoms with E-state index in [-0.39, 0.29) is 12.1 Å². The topological polar surface area (TPSA) is 85.4 Å². The Kier molecular flexibility index (Phi) is 5.22. The van der Waals surface area contributed by atoms with E-state index in [1.54, 1.807) is 24.3 Å². The average Bonchev–Trinajstić information content (AvgIpc) is 3.14. The maximum atomic E-state index is 11.4. The molecule has 2 aromatic rings. The van der Waals surface area contributed by atoms with Crippen molar-refractivity contribution in [2.24, 2.45) is 0 Å². The van der Waals surface area contributed by atoms with Crippen LogP contribution in [0.3, 0.4) is 0 Å². The molecule has 1 aromatic carbocycles. The molecule has 0 spiro atoms. The van der Waals surface area contributed by atoms with Crippen molar-refractivity contribution in [2.45, 2.75) is 18.9 Å². The number of anilines is 3. The van der Waals surface area contributed by atoms with Gasteiger partial charge in [0.05, 0.1) is 18.8 Å². The molecule has 3 rings (SSSR count). The summed E-state index contributed by atoms with van der Waals surface area (Å²) in [5.74, 6) is 1.06. The lowest BCUT2D eigenvalue weighted by molar-refractivity contribution is 0.0601. The number of nitrogens with zero attached hydrogens (tertiary/aromatic N) is 2. The Balaban J connectivity index is 1.60. The van der Waals surface area contributed by atoms with E-state index in [0.717, 1.165) is 37.5 Å². The summed E-state index contributed by atoms with van der Waals surface area (Å²) in [4.78, 5) is 19.8.